The summed E-state index contributed by atoms with van der Waals surface area (Å²) < 4.78 is 16.2. The van der Waals surface area contributed by atoms with Gasteiger partial charge in [-0.05, 0) is 79.8 Å². The SMILES string of the molecule is C=CC(=O)Oc1ccc(-c2ccc(-c3ccc(O/C(C)=C(\C)OC(=O)C(=C)C)cc3)cc2C)cc1. The third-order valence-electron chi connectivity index (χ3n) is 5.33. The molecule has 0 atom stereocenters. The molecule has 3 rings (SSSR count). The number of carbonyl (C=O) groups excluding carboxylic acids is 2. The molecule has 0 aliphatic rings. The van der Waals surface area contributed by atoms with Crippen LogP contribution >= 0.6 is 0 Å². The Labute approximate surface area is 206 Å². The molecule has 0 spiro atoms. The van der Waals surface area contributed by atoms with Crippen LogP contribution in [0, 0.1) is 6.92 Å². The zero-order valence-electron chi connectivity index (χ0n) is 20.4. The molecule has 0 radical (unpaired) electrons. The van der Waals surface area contributed by atoms with Crippen molar-refractivity contribution < 1.29 is 23.8 Å². The molecule has 0 unspecified atom stereocenters. The highest BCUT2D eigenvalue weighted by Gasteiger charge is 2.10. The van der Waals surface area contributed by atoms with Crippen molar-refractivity contribution in [2.45, 2.75) is 27.7 Å². The zero-order chi connectivity index (χ0) is 25.5. The van der Waals surface area contributed by atoms with E-state index in [0.29, 0.717) is 28.6 Å². The predicted octanol–water partition coefficient (Wildman–Crippen LogP) is 7.17. The van der Waals surface area contributed by atoms with Crippen LogP contribution in [0.25, 0.3) is 22.3 Å². The molecule has 0 N–H and O–H groups in total. The molecule has 0 aromatic heterocycles. The Balaban J connectivity index is 1.73. The largest absolute Gasteiger partial charge is 0.459 e. The minimum Gasteiger partial charge on any atom is -0.459 e. The summed E-state index contributed by atoms with van der Waals surface area (Å²) in [7, 11) is 0. The lowest BCUT2D eigenvalue weighted by Crippen LogP contribution is -2.06. The van der Waals surface area contributed by atoms with Crippen molar-refractivity contribution in [1.29, 1.82) is 0 Å². The monoisotopic (exact) mass is 468 g/mol. The average Bonchev–Trinajstić information content (AvgIpc) is 2.84. The molecule has 5 nitrogen and oxygen atoms in total. The van der Waals surface area contributed by atoms with E-state index in [2.05, 4.69) is 38.3 Å². The van der Waals surface area contributed by atoms with Crippen LogP contribution in [-0.2, 0) is 14.3 Å². The van der Waals surface area contributed by atoms with Gasteiger partial charge in [0.05, 0.1) is 0 Å². The number of allylic oxidation sites excluding steroid dienone is 2. The summed E-state index contributed by atoms with van der Waals surface area (Å²) in [5, 5.41) is 0. The molecule has 5 heteroatoms. The van der Waals surface area contributed by atoms with Crippen molar-refractivity contribution >= 4 is 11.9 Å². The predicted molar refractivity (Wildman–Crippen MR) is 138 cm³/mol. The summed E-state index contributed by atoms with van der Waals surface area (Å²) in [6.45, 7) is 14.1. The highest BCUT2D eigenvalue weighted by atomic mass is 16.6. The molecule has 0 saturated heterocycles. The number of rotatable bonds is 8. The number of benzene rings is 3. The van der Waals surface area contributed by atoms with Crippen molar-refractivity contribution in [2.24, 2.45) is 0 Å². The molecule has 0 amide bonds. The standard InChI is InChI=1S/C30H28O5/c1-7-29(31)35-27-15-10-24(11-16-27)28-17-12-25(18-20(28)4)23-8-13-26(14-9-23)33-21(5)22(6)34-30(32)19(2)3/h7-18H,1-2H2,3-6H3/b22-21+. The van der Waals surface area contributed by atoms with Crippen molar-refractivity contribution in [3.8, 4) is 33.8 Å². The van der Waals surface area contributed by atoms with Gasteiger partial charge in [-0.15, -0.1) is 0 Å². The maximum absolute atomic E-state index is 11.7. The minimum atomic E-state index is -0.484. The number of esters is 2. The quantitative estimate of drug-likeness (QED) is 0.152. The van der Waals surface area contributed by atoms with E-state index in [-0.39, 0.29) is 0 Å². The second-order valence-electron chi connectivity index (χ2n) is 8.09. The number of carbonyl (C=O) groups is 2. The van der Waals surface area contributed by atoms with Gasteiger partial charge in [0.15, 0.2) is 0 Å². The summed E-state index contributed by atoms with van der Waals surface area (Å²) in [4.78, 5) is 23.0. The van der Waals surface area contributed by atoms with Crippen molar-refractivity contribution in [3.63, 3.8) is 0 Å². The first-order valence-corrected chi connectivity index (χ1v) is 11.1. The number of ether oxygens (including phenoxy) is 3. The van der Waals surface area contributed by atoms with Gasteiger partial charge >= 0.3 is 11.9 Å². The van der Waals surface area contributed by atoms with E-state index in [1.807, 2.05) is 36.4 Å². The van der Waals surface area contributed by atoms with Gasteiger partial charge in [-0.25, -0.2) is 9.59 Å². The van der Waals surface area contributed by atoms with Crippen molar-refractivity contribution in [2.75, 3.05) is 0 Å². The van der Waals surface area contributed by atoms with Gasteiger partial charge in [0, 0.05) is 11.6 Å². The van der Waals surface area contributed by atoms with Crippen LogP contribution in [0.2, 0.25) is 0 Å². The molecule has 0 saturated carbocycles. The Morgan fingerprint density at radius 3 is 1.83 bits per heavy atom. The van der Waals surface area contributed by atoms with Gasteiger partial charge in [0.25, 0.3) is 0 Å². The molecule has 0 fully saturated rings. The molecule has 35 heavy (non-hydrogen) atoms. The summed E-state index contributed by atoms with van der Waals surface area (Å²) in [5.74, 6) is 1.04. The summed E-state index contributed by atoms with van der Waals surface area (Å²) in [5.41, 5.74) is 5.69. The maximum atomic E-state index is 11.7. The number of hydrogen-bond acceptors (Lipinski definition) is 5. The highest BCUT2D eigenvalue weighted by molar-refractivity contribution is 5.87. The van der Waals surface area contributed by atoms with Crippen LogP contribution in [-0.4, -0.2) is 11.9 Å². The fourth-order valence-electron chi connectivity index (χ4n) is 3.29. The summed E-state index contributed by atoms with van der Waals surface area (Å²) in [6, 6.07) is 21.4. The van der Waals surface area contributed by atoms with Gasteiger partial charge < -0.3 is 14.2 Å². The number of hydrogen-bond donors (Lipinski definition) is 0. The Bertz CT molecular complexity index is 1300. The van der Waals surface area contributed by atoms with E-state index in [9.17, 15) is 9.59 Å². The highest BCUT2D eigenvalue weighted by Crippen LogP contribution is 2.31. The fourth-order valence-corrected chi connectivity index (χ4v) is 3.29. The van der Waals surface area contributed by atoms with Crippen molar-refractivity contribution in [3.05, 3.63) is 109 Å². The Hall–Kier alpha value is -4.38. The summed E-state index contributed by atoms with van der Waals surface area (Å²) in [6.07, 6.45) is 1.13. The van der Waals surface area contributed by atoms with Gasteiger partial charge in [0.1, 0.15) is 23.0 Å². The van der Waals surface area contributed by atoms with Gasteiger partial charge in [-0.1, -0.05) is 55.6 Å². The van der Waals surface area contributed by atoms with Crippen LogP contribution in [0.3, 0.4) is 0 Å². The van der Waals surface area contributed by atoms with Crippen LogP contribution in [0.15, 0.2) is 103 Å². The second kappa shape index (κ2) is 11.2. The second-order valence-corrected chi connectivity index (χ2v) is 8.09. The van der Waals surface area contributed by atoms with E-state index in [0.717, 1.165) is 33.9 Å². The molecular formula is C30H28O5. The Kier molecular flexibility index (Phi) is 8.05. The van der Waals surface area contributed by atoms with E-state index >= 15 is 0 Å². The first-order valence-electron chi connectivity index (χ1n) is 11.1. The van der Waals surface area contributed by atoms with Gasteiger partial charge in [-0.2, -0.15) is 0 Å². The molecular weight excluding hydrogens is 440 g/mol. The van der Waals surface area contributed by atoms with Crippen LogP contribution < -0.4 is 9.47 Å². The molecule has 0 aliphatic heterocycles. The molecule has 3 aromatic carbocycles. The number of aryl methyl sites for hydroxylation is 1. The van der Waals surface area contributed by atoms with Gasteiger partial charge in [-0.3, -0.25) is 0 Å². The van der Waals surface area contributed by atoms with E-state index in [1.165, 1.54) is 0 Å². The van der Waals surface area contributed by atoms with E-state index < -0.39 is 11.9 Å². The molecule has 3 aromatic rings. The van der Waals surface area contributed by atoms with E-state index in [4.69, 9.17) is 14.2 Å². The topological polar surface area (TPSA) is 61.8 Å². The fraction of sp³-hybridized carbons (Fsp3) is 0.133. The Morgan fingerprint density at radius 1 is 0.743 bits per heavy atom. The van der Waals surface area contributed by atoms with Crippen LogP contribution in [0.1, 0.15) is 26.3 Å². The minimum absolute atomic E-state index is 0.328. The van der Waals surface area contributed by atoms with Crippen molar-refractivity contribution in [1.82, 2.24) is 0 Å². The third kappa shape index (κ3) is 6.58. The lowest BCUT2D eigenvalue weighted by atomic mass is 9.96. The summed E-state index contributed by atoms with van der Waals surface area (Å²) >= 11 is 0. The normalized spacial score (nSPS) is 11.2. The van der Waals surface area contributed by atoms with Crippen LogP contribution in [0.4, 0.5) is 0 Å². The maximum Gasteiger partial charge on any atom is 0.338 e. The first kappa shape index (κ1) is 25.2. The zero-order valence-corrected chi connectivity index (χ0v) is 20.4. The lowest BCUT2D eigenvalue weighted by molar-refractivity contribution is -0.135. The van der Waals surface area contributed by atoms with Crippen LogP contribution in [0.5, 0.6) is 11.5 Å². The lowest BCUT2D eigenvalue weighted by Gasteiger charge is -2.12. The van der Waals surface area contributed by atoms with E-state index in [1.54, 1.807) is 32.9 Å². The van der Waals surface area contributed by atoms with Gasteiger partial charge in [0.2, 0.25) is 0 Å². The molecule has 0 aliphatic carbocycles. The first-order chi connectivity index (χ1) is 16.7. The molecule has 0 bridgehead atoms. The third-order valence-corrected chi connectivity index (χ3v) is 5.33. The molecule has 178 valence electrons. The Morgan fingerprint density at radius 2 is 1.29 bits per heavy atom. The average molecular weight is 469 g/mol. The smallest absolute Gasteiger partial charge is 0.338 e. The molecule has 0 heterocycles.